The van der Waals surface area contributed by atoms with E-state index >= 15 is 0 Å². The van der Waals surface area contributed by atoms with Crippen LogP contribution in [0.25, 0.3) is 0 Å². The van der Waals surface area contributed by atoms with Gasteiger partial charge in [-0.05, 0) is 87.9 Å². The topological polar surface area (TPSA) is 213 Å². The third kappa shape index (κ3) is 12.2. The minimum atomic E-state index is -1.97. The lowest BCUT2D eigenvalue weighted by molar-refractivity contribution is -0.318. The van der Waals surface area contributed by atoms with E-state index in [1.807, 2.05) is 39.5 Å². The van der Waals surface area contributed by atoms with E-state index in [2.05, 4.69) is 10.6 Å². The van der Waals surface area contributed by atoms with Gasteiger partial charge in [0.15, 0.2) is 18.7 Å². The number of carbonyl (C=O) groups excluding carboxylic acids is 3. The molecule has 0 saturated carbocycles. The molecule has 0 aromatic heterocycles. The zero-order valence-electron chi connectivity index (χ0n) is 38.9. The molecule has 3 saturated heterocycles. The van der Waals surface area contributed by atoms with E-state index in [9.17, 15) is 29.7 Å². The number of carbonyl (C=O) groups is 3. The summed E-state index contributed by atoms with van der Waals surface area (Å²) in [6, 6.07) is -1.30. The quantitative estimate of drug-likeness (QED) is 0.168. The highest BCUT2D eigenvalue weighted by molar-refractivity contribution is 5.78. The highest BCUT2D eigenvalue weighted by Gasteiger charge is 2.54. The van der Waals surface area contributed by atoms with Crippen LogP contribution in [-0.2, 0) is 52.3 Å². The summed E-state index contributed by atoms with van der Waals surface area (Å²) in [7, 11) is 4.78. The number of cyclic esters (lactones) is 1. The molecule has 3 fully saturated rings. The maximum atomic E-state index is 14.4. The molecular formula is C43H79N3O14. The van der Waals surface area contributed by atoms with Crippen molar-refractivity contribution in [3.05, 3.63) is 0 Å². The molecular weight excluding hydrogens is 782 g/mol. The van der Waals surface area contributed by atoms with Gasteiger partial charge < -0.3 is 63.8 Å². The molecule has 17 heteroatoms. The summed E-state index contributed by atoms with van der Waals surface area (Å²) in [5.74, 6) is -4.13. The Morgan fingerprint density at radius 2 is 1.52 bits per heavy atom. The lowest BCUT2D eigenvalue weighted by Gasteiger charge is -2.49. The number of esters is 2. The Labute approximate surface area is 358 Å². The molecule has 17 nitrogen and oxygen atoms in total. The van der Waals surface area contributed by atoms with E-state index in [1.165, 1.54) is 21.1 Å². The molecule has 0 spiro atoms. The van der Waals surface area contributed by atoms with Gasteiger partial charge in [0, 0.05) is 38.5 Å². The van der Waals surface area contributed by atoms with Crippen LogP contribution in [0, 0.1) is 17.8 Å². The molecule has 0 radical (unpaired) electrons. The first kappa shape index (κ1) is 52.3. The van der Waals surface area contributed by atoms with Crippen molar-refractivity contribution in [2.75, 3.05) is 40.9 Å². The van der Waals surface area contributed by atoms with Gasteiger partial charge in [0.25, 0.3) is 0 Å². The largest absolute Gasteiger partial charge is 0.459 e. The monoisotopic (exact) mass is 862 g/mol. The molecule has 350 valence electrons. The SMILES string of the molecule is CC[C@H]1OC(=O)[C@H](C)C(O[C@H]2C[C@@](C)(OC)[C@@H](OC(=O)CN(CC)CC)[C@H](C)O2)[C@H](C)[C@@H](O[C@@H]2O[C@H](C)C[C@H](NC)[C@H]2O)[C@](C)(OC)C[C@@H](C)C(=O)N[C@H](C)[C@@H](O)[C@]1(C)O. The van der Waals surface area contributed by atoms with Gasteiger partial charge in [-0.3, -0.25) is 19.3 Å². The van der Waals surface area contributed by atoms with Crippen molar-refractivity contribution in [3.8, 4) is 0 Å². The van der Waals surface area contributed by atoms with Crippen LogP contribution < -0.4 is 10.6 Å². The molecule has 0 bridgehead atoms. The first-order valence-electron chi connectivity index (χ1n) is 21.9. The number of aliphatic hydroxyl groups is 3. The maximum absolute atomic E-state index is 14.4. The molecule has 5 N–H and O–H groups in total. The summed E-state index contributed by atoms with van der Waals surface area (Å²) in [4.78, 5) is 43.3. The number of likely N-dealkylation sites (N-methyl/N-ethyl adjacent to an activating group) is 2. The van der Waals surface area contributed by atoms with Crippen LogP contribution >= 0.6 is 0 Å². The van der Waals surface area contributed by atoms with Gasteiger partial charge in [0.2, 0.25) is 5.91 Å². The first-order valence-corrected chi connectivity index (χ1v) is 21.9. The number of methoxy groups -OCH3 is 2. The molecule has 0 aromatic rings. The Morgan fingerprint density at radius 1 is 0.917 bits per heavy atom. The van der Waals surface area contributed by atoms with E-state index < -0.39 is 114 Å². The second-order valence-electron chi connectivity index (χ2n) is 18.0. The maximum Gasteiger partial charge on any atom is 0.320 e. The number of hydrogen-bond donors (Lipinski definition) is 5. The first-order chi connectivity index (χ1) is 28.0. The number of ether oxygens (including phenoxy) is 8. The predicted octanol–water partition coefficient (Wildman–Crippen LogP) is 2.29. The highest BCUT2D eigenvalue weighted by atomic mass is 16.7. The van der Waals surface area contributed by atoms with Crippen LogP contribution in [0.2, 0.25) is 0 Å². The molecule has 0 aromatic carbocycles. The second-order valence-corrected chi connectivity index (χ2v) is 18.0. The van der Waals surface area contributed by atoms with Crippen molar-refractivity contribution in [2.24, 2.45) is 17.8 Å². The van der Waals surface area contributed by atoms with Crippen molar-refractivity contribution in [3.63, 3.8) is 0 Å². The fourth-order valence-corrected chi connectivity index (χ4v) is 9.23. The van der Waals surface area contributed by atoms with Crippen LogP contribution in [0.1, 0.15) is 109 Å². The minimum absolute atomic E-state index is 0.0831. The summed E-state index contributed by atoms with van der Waals surface area (Å²) >= 11 is 0. The van der Waals surface area contributed by atoms with Gasteiger partial charge >= 0.3 is 11.9 Å². The summed E-state index contributed by atoms with van der Waals surface area (Å²) in [5.41, 5.74) is -4.33. The molecule has 3 heterocycles. The van der Waals surface area contributed by atoms with Crippen LogP contribution in [0.5, 0.6) is 0 Å². The van der Waals surface area contributed by atoms with Gasteiger partial charge in [0.1, 0.15) is 29.5 Å². The smallest absolute Gasteiger partial charge is 0.320 e. The van der Waals surface area contributed by atoms with E-state index in [0.29, 0.717) is 19.5 Å². The van der Waals surface area contributed by atoms with E-state index in [0.717, 1.165) is 0 Å². The second kappa shape index (κ2) is 22.0. The Bertz CT molecular complexity index is 1390. The van der Waals surface area contributed by atoms with Crippen LogP contribution in [0.15, 0.2) is 0 Å². The average molecular weight is 862 g/mol. The number of hydrogen-bond acceptors (Lipinski definition) is 16. The molecule has 3 aliphatic heterocycles. The standard InChI is InChI=1S/C43H79N3O14/c1-16-30-43(12,52)35(49)27(8)45-38(50)23(4)20-41(10,53-14)36(60-40-33(48)29(44-13)19-24(5)55-40)25(6)34(26(7)39(51)57-30)59-32-21-42(11,54-15)37(28(9)56-32)58-31(47)22-46(17-2)18-3/h23-30,32-37,40,44,48-49,52H,16-22H2,1-15H3,(H,45,50)/t23-,24-,25+,26-,27-,28+,29+,30-,32+,33-,34?,35-,36-,37+,40+,41-,42-,43-/m1/s1. The van der Waals surface area contributed by atoms with Gasteiger partial charge in [-0.15, -0.1) is 0 Å². The third-order valence-corrected chi connectivity index (χ3v) is 13.4. The lowest BCUT2D eigenvalue weighted by atomic mass is 9.77. The summed E-state index contributed by atoms with van der Waals surface area (Å²) in [6.45, 7) is 22.5. The van der Waals surface area contributed by atoms with Crippen molar-refractivity contribution >= 4 is 17.8 Å². The van der Waals surface area contributed by atoms with E-state index in [4.69, 9.17) is 37.9 Å². The fraction of sp³-hybridized carbons (Fsp3) is 0.930. The minimum Gasteiger partial charge on any atom is -0.459 e. The van der Waals surface area contributed by atoms with Crippen molar-refractivity contribution in [1.82, 2.24) is 15.5 Å². The predicted molar refractivity (Wildman–Crippen MR) is 222 cm³/mol. The number of nitrogens with zero attached hydrogens (tertiary/aromatic N) is 1. The molecule has 3 rings (SSSR count). The van der Waals surface area contributed by atoms with Crippen LogP contribution in [0.4, 0.5) is 0 Å². The fourth-order valence-electron chi connectivity index (χ4n) is 9.23. The zero-order chi connectivity index (χ0) is 45.5. The van der Waals surface area contributed by atoms with Crippen molar-refractivity contribution < 1.29 is 67.6 Å². The van der Waals surface area contributed by atoms with E-state index in [1.54, 1.807) is 48.6 Å². The van der Waals surface area contributed by atoms with Crippen LogP contribution in [0.3, 0.4) is 0 Å². The molecule has 1 unspecified atom stereocenters. The number of amides is 1. The highest BCUT2D eigenvalue weighted by Crippen LogP contribution is 2.41. The Morgan fingerprint density at radius 3 is 2.07 bits per heavy atom. The zero-order valence-corrected chi connectivity index (χ0v) is 38.9. The van der Waals surface area contributed by atoms with Gasteiger partial charge in [-0.2, -0.15) is 0 Å². The number of rotatable bonds is 13. The van der Waals surface area contributed by atoms with Gasteiger partial charge in [-0.25, -0.2) is 0 Å². The lowest BCUT2D eigenvalue weighted by Crippen LogP contribution is -2.61. The van der Waals surface area contributed by atoms with Crippen LogP contribution in [-0.4, -0.2) is 169 Å². The van der Waals surface area contributed by atoms with E-state index in [-0.39, 0.29) is 38.0 Å². The normalized spacial score (nSPS) is 44.0. The molecule has 3 aliphatic rings. The Balaban J connectivity index is 2.18. The summed E-state index contributed by atoms with van der Waals surface area (Å²) in [5, 5.41) is 40.6. The number of aliphatic hydroxyl groups excluding tert-OH is 2. The summed E-state index contributed by atoms with van der Waals surface area (Å²) < 4.78 is 50.8. The number of nitrogens with one attached hydrogen (secondary N) is 2. The van der Waals surface area contributed by atoms with Crippen molar-refractivity contribution in [1.29, 1.82) is 0 Å². The Hall–Kier alpha value is -2.03. The van der Waals surface area contributed by atoms with Crippen molar-refractivity contribution in [2.45, 2.75) is 199 Å². The Kier molecular flexibility index (Phi) is 19.2. The molecule has 60 heavy (non-hydrogen) atoms. The third-order valence-electron chi connectivity index (χ3n) is 13.4. The molecule has 18 atom stereocenters. The molecule has 1 amide bonds. The summed E-state index contributed by atoms with van der Waals surface area (Å²) in [6.07, 6.45) is -9.01. The van der Waals surface area contributed by atoms with Gasteiger partial charge in [0.05, 0.1) is 48.5 Å². The molecule has 0 aliphatic carbocycles. The average Bonchev–Trinajstić information content (AvgIpc) is 3.20. The van der Waals surface area contributed by atoms with Gasteiger partial charge in [-0.1, -0.05) is 34.6 Å².